The molecule has 0 bridgehead atoms. The van der Waals surface area contributed by atoms with E-state index in [0.717, 1.165) is 19.3 Å². The van der Waals surface area contributed by atoms with Crippen molar-refractivity contribution >= 4 is 17.9 Å². The first-order chi connectivity index (χ1) is 8.93. The summed E-state index contributed by atoms with van der Waals surface area (Å²) in [5, 5.41) is 11.2. The zero-order valence-corrected chi connectivity index (χ0v) is 11.1. The Bertz CT molecular complexity index is 359. The molecule has 2 unspecified atom stereocenters. The van der Waals surface area contributed by atoms with Crippen molar-refractivity contribution in [3.05, 3.63) is 0 Å². The van der Waals surface area contributed by atoms with Gasteiger partial charge in [-0.3, -0.25) is 4.79 Å². The van der Waals surface area contributed by atoms with Crippen LogP contribution in [0.1, 0.15) is 32.6 Å². The average Bonchev–Trinajstić information content (AvgIpc) is 2.76. The third kappa shape index (κ3) is 4.76. The van der Waals surface area contributed by atoms with Crippen molar-refractivity contribution < 1.29 is 19.5 Å². The number of primary amides is 1. The fourth-order valence-electron chi connectivity index (χ4n) is 2.30. The van der Waals surface area contributed by atoms with Crippen LogP contribution in [0.5, 0.6) is 0 Å². The largest absolute Gasteiger partial charge is 0.480 e. The molecule has 1 fully saturated rings. The van der Waals surface area contributed by atoms with Crippen LogP contribution in [0.15, 0.2) is 0 Å². The fourth-order valence-corrected chi connectivity index (χ4v) is 2.30. The summed E-state index contributed by atoms with van der Waals surface area (Å²) in [6.07, 6.45) is 2.68. The number of amides is 3. The number of hydrogen-bond acceptors (Lipinski definition) is 3. The van der Waals surface area contributed by atoms with Gasteiger partial charge in [-0.2, -0.15) is 0 Å². The van der Waals surface area contributed by atoms with Crippen molar-refractivity contribution in [1.82, 2.24) is 10.2 Å². The first kappa shape index (κ1) is 15.3. The van der Waals surface area contributed by atoms with Crippen LogP contribution in [0.4, 0.5) is 4.79 Å². The number of urea groups is 1. The summed E-state index contributed by atoms with van der Waals surface area (Å²) < 4.78 is 0. The van der Waals surface area contributed by atoms with E-state index in [1.807, 2.05) is 0 Å². The van der Waals surface area contributed by atoms with E-state index in [0.29, 0.717) is 19.0 Å². The molecule has 0 radical (unpaired) electrons. The highest BCUT2D eigenvalue weighted by Crippen LogP contribution is 2.20. The molecule has 0 aromatic heterocycles. The summed E-state index contributed by atoms with van der Waals surface area (Å²) in [6.45, 7) is 3.36. The van der Waals surface area contributed by atoms with Crippen LogP contribution in [-0.4, -0.2) is 47.0 Å². The molecule has 1 aliphatic heterocycles. The van der Waals surface area contributed by atoms with Crippen molar-refractivity contribution in [2.75, 3.05) is 13.1 Å². The normalized spacial score (nSPS) is 20.1. The third-order valence-corrected chi connectivity index (χ3v) is 3.27. The predicted molar refractivity (Wildman–Crippen MR) is 68.4 cm³/mol. The lowest BCUT2D eigenvalue weighted by atomic mass is 10.0. The van der Waals surface area contributed by atoms with Crippen LogP contribution in [0.25, 0.3) is 0 Å². The number of carbonyl (C=O) groups excluding carboxylic acids is 2. The Morgan fingerprint density at radius 3 is 2.68 bits per heavy atom. The zero-order valence-electron chi connectivity index (χ0n) is 11.1. The van der Waals surface area contributed by atoms with Gasteiger partial charge in [0.2, 0.25) is 5.91 Å². The van der Waals surface area contributed by atoms with Gasteiger partial charge in [0.05, 0.1) is 6.42 Å². The molecule has 1 aliphatic rings. The molecule has 0 saturated carbocycles. The first-order valence-electron chi connectivity index (χ1n) is 6.50. The SMILES string of the molecule is CCCC1CCN(C(=O)NC(CC(N)=O)C(=O)O)C1. The van der Waals surface area contributed by atoms with Crippen LogP contribution in [0.3, 0.4) is 0 Å². The molecule has 1 rings (SSSR count). The fraction of sp³-hybridized carbons (Fsp3) is 0.750. The Balaban J connectivity index is 2.49. The van der Waals surface area contributed by atoms with Crippen molar-refractivity contribution in [2.45, 2.75) is 38.6 Å². The summed E-state index contributed by atoms with van der Waals surface area (Å²) >= 11 is 0. The smallest absolute Gasteiger partial charge is 0.326 e. The van der Waals surface area contributed by atoms with E-state index in [2.05, 4.69) is 12.2 Å². The summed E-state index contributed by atoms with van der Waals surface area (Å²) in [6, 6.07) is -1.69. The van der Waals surface area contributed by atoms with E-state index in [1.54, 1.807) is 4.90 Å². The van der Waals surface area contributed by atoms with Gasteiger partial charge in [-0.15, -0.1) is 0 Å². The second-order valence-corrected chi connectivity index (χ2v) is 4.90. The van der Waals surface area contributed by atoms with Crippen LogP contribution in [0.2, 0.25) is 0 Å². The molecule has 108 valence electrons. The van der Waals surface area contributed by atoms with Gasteiger partial charge in [-0.25, -0.2) is 9.59 Å². The van der Waals surface area contributed by atoms with Crippen molar-refractivity contribution in [3.8, 4) is 0 Å². The van der Waals surface area contributed by atoms with E-state index in [-0.39, 0.29) is 0 Å². The van der Waals surface area contributed by atoms with E-state index in [1.165, 1.54) is 0 Å². The van der Waals surface area contributed by atoms with Gasteiger partial charge in [-0.1, -0.05) is 13.3 Å². The summed E-state index contributed by atoms with van der Waals surface area (Å²) in [5.41, 5.74) is 4.95. The van der Waals surface area contributed by atoms with Gasteiger partial charge < -0.3 is 21.1 Å². The molecular weight excluding hydrogens is 250 g/mol. The van der Waals surface area contributed by atoms with Gasteiger partial charge in [0.1, 0.15) is 6.04 Å². The molecule has 0 aromatic carbocycles. The van der Waals surface area contributed by atoms with Crippen LogP contribution in [0, 0.1) is 5.92 Å². The van der Waals surface area contributed by atoms with Crippen molar-refractivity contribution in [3.63, 3.8) is 0 Å². The minimum Gasteiger partial charge on any atom is -0.480 e. The number of nitrogens with one attached hydrogen (secondary N) is 1. The quantitative estimate of drug-likeness (QED) is 0.638. The number of carboxylic acid groups (broad SMARTS) is 1. The maximum atomic E-state index is 11.9. The summed E-state index contributed by atoms with van der Waals surface area (Å²) in [7, 11) is 0. The van der Waals surface area contributed by atoms with E-state index in [4.69, 9.17) is 10.8 Å². The van der Waals surface area contributed by atoms with Gasteiger partial charge >= 0.3 is 12.0 Å². The Morgan fingerprint density at radius 2 is 2.16 bits per heavy atom. The molecule has 19 heavy (non-hydrogen) atoms. The number of aliphatic carboxylic acids is 1. The number of nitrogens with zero attached hydrogens (tertiary/aromatic N) is 1. The van der Waals surface area contributed by atoms with Gasteiger partial charge in [0.25, 0.3) is 0 Å². The van der Waals surface area contributed by atoms with E-state index < -0.39 is 30.4 Å². The maximum Gasteiger partial charge on any atom is 0.326 e. The lowest BCUT2D eigenvalue weighted by Crippen LogP contribution is -2.48. The molecule has 4 N–H and O–H groups in total. The monoisotopic (exact) mass is 271 g/mol. The van der Waals surface area contributed by atoms with Gasteiger partial charge in [-0.05, 0) is 18.8 Å². The Labute approximate surface area is 112 Å². The molecule has 3 amide bonds. The molecule has 0 spiro atoms. The minimum atomic E-state index is -1.25. The Morgan fingerprint density at radius 1 is 1.47 bits per heavy atom. The molecule has 1 heterocycles. The molecule has 0 aromatic rings. The molecule has 2 atom stereocenters. The van der Waals surface area contributed by atoms with Crippen LogP contribution >= 0.6 is 0 Å². The second kappa shape index (κ2) is 6.96. The average molecular weight is 271 g/mol. The molecular formula is C12H21N3O4. The molecule has 7 heteroatoms. The highest BCUT2D eigenvalue weighted by Gasteiger charge is 2.29. The summed E-state index contributed by atoms with van der Waals surface area (Å²) in [4.78, 5) is 35.1. The molecule has 1 saturated heterocycles. The third-order valence-electron chi connectivity index (χ3n) is 3.27. The van der Waals surface area contributed by atoms with E-state index in [9.17, 15) is 14.4 Å². The van der Waals surface area contributed by atoms with Crippen LogP contribution < -0.4 is 11.1 Å². The summed E-state index contributed by atoms with van der Waals surface area (Å²) in [5.74, 6) is -1.52. The topological polar surface area (TPSA) is 113 Å². The predicted octanol–water partition coefficient (Wildman–Crippen LogP) is 0.147. The number of rotatable bonds is 6. The lowest BCUT2D eigenvalue weighted by molar-refractivity contribution is -0.140. The molecule has 0 aliphatic carbocycles. The number of hydrogen-bond donors (Lipinski definition) is 3. The number of nitrogens with two attached hydrogens (primary N) is 1. The second-order valence-electron chi connectivity index (χ2n) is 4.90. The van der Waals surface area contributed by atoms with Gasteiger partial charge in [0.15, 0.2) is 0 Å². The number of likely N-dealkylation sites (tertiary alicyclic amines) is 1. The highest BCUT2D eigenvalue weighted by molar-refractivity contribution is 5.87. The highest BCUT2D eigenvalue weighted by atomic mass is 16.4. The number of carboxylic acids is 1. The number of carbonyl (C=O) groups is 3. The minimum absolute atomic E-state index is 0.396. The van der Waals surface area contributed by atoms with E-state index >= 15 is 0 Å². The van der Waals surface area contributed by atoms with Gasteiger partial charge in [0, 0.05) is 13.1 Å². The zero-order chi connectivity index (χ0) is 14.4. The Kier molecular flexibility index (Phi) is 5.59. The van der Waals surface area contributed by atoms with Crippen molar-refractivity contribution in [1.29, 1.82) is 0 Å². The first-order valence-corrected chi connectivity index (χ1v) is 6.50. The standard InChI is InChI=1S/C12H21N3O4/c1-2-3-8-4-5-15(7-8)12(19)14-9(11(17)18)6-10(13)16/h8-9H,2-7H2,1H3,(H2,13,16)(H,14,19)(H,17,18). The van der Waals surface area contributed by atoms with Crippen molar-refractivity contribution in [2.24, 2.45) is 11.7 Å². The Hall–Kier alpha value is -1.79. The maximum absolute atomic E-state index is 11.9. The lowest BCUT2D eigenvalue weighted by Gasteiger charge is -2.20. The molecule has 7 nitrogen and oxygen atoms in total. The van der Waals surface area contributed by atoms with Crippen LogP contribution in [-0.2, 0) is 9.59 Å².